The number of hydrogen-bond donors (Lipinski definition) is 1. The Morgan fingerprint density at radius 1 is 1.19 bits per heavy atom. The van der Waals surface area contributed by atoms with E-state index in [4.69, 9.17) is 11.8 Å². The molecule has 0 spiro atoms. The standard InChI is InChI=1S/C11H14BrClN2.ClH/c12-9-1-3-11(4-2-9)15-7-5-10(14-13)6-8-15;/h1-4,10,14H,5-8H2;1H. The highest BCUT2D eigenvalue weighted by atomic mass is 79.9. The summed E-state index contributed by atoms with van der Waals surface area (Å²) in [4.78, 5) is 5.22. The lowest BCUT2D eigenvalue weighted by molar-refractivity contribution is 0.475. The molecule has 0 aromatic heterocycles. The maximum atomic E-state index is 5.62. The van der Waals surface area contributed by atoms with E-state index in [1.54, 1.807) is 0 Å². The first-order valence-electron chi connectivity index (χ1n) is 5.16. The summed E-state index contributed by atoms with van der Waals surface area (Å²) in [7, 11) is 0. The van der Waals surface area contributed by atoms with Gasteiger partial charge >= 0.3 is 0 Å². The Kier molecular flexibility index (Phi) is 5.90. The minimum atomic E-state index is 0. The van der Waals surface area contributed by atoms with Crippen LogP contribution < -0.4 is 9.74 Å². The zero-order valence-corrected chi connectivity index (χ0v) is 12.0. The van der Waals surface area contributed by atoms with E-state index in [1.165, 1.54) is 5.69 Å². The highest BCUT2D eigenvalue weighted by molar-refractivity contribution is 9.10. The molecule has 0 radical (unpaired) electrons. The van der Waals surface area contributed by atoms with Crippen molar-refractivity contribution in [3.63, 3.8) is 0 Å². The van der Waals surface area contributed by atoms with Crippen molar-refractivity contribution in [2.24, 2.45) is 0 Å². The summed E-state index contributed by atoms with van der Waals surface area (Å²) in [6.07, 6.45) is 2.22. The monoisotopic (exact) mass is 324 g/mol. The average Bonchev–Trinajstić information content (AvgIpc) is 2.30. The van der Waals surface area contributed by atoms with Gasteiger partial charge in [-0.15, -0.1) is 12.4 Å². The number of halogens is 3. The van der Waals surface area contributed by atoms with Crippen LogP contribution in [-0.4, -0.2) is 19.1 Å². The van der Waals surface area contributed by atoms with E-state index in [0.29, 0.717) is 6.04 Å². The fraction of sp³-hybridized carbons (Fsp3) is 0.455. The molecule has 0 bridgehead atoms. The van der Waals surface area contributed by atoms with Crippen LogP contribution in [-0.2, 0) is 0 Å². The van der Waals surface area contributed by atoms with Crippen LogP contribution in [0.1, 0.15) is 12.8 Å². The summed E-state index contributed by atoms with van der Waals surface area (Å²) in [5, 5.41) is 0. The van der Waals surface area contributed by atoms with E-state index in [-0.39, 0.29) is 12.4 Å². The van der Waals surface area contributed by atoms with E-state index in [2.05, 4.69) is 49.9 Å². The van der Waals surface area contributed by atoms with Gasteiger partial charge in [0.25, 0.3) is 0 Å². The molecule has 2 rings (SSSR count). The van der Waals surface area contributed by atoms with Crippen LogP contribution in [0.2, 0.25) is 0 Å². The maximum Gasteiger partial charge on any atom is 0.0366 e. The van der Waals surface area contributed by atoms with Crippen molar-refractivity contribution in [3.05, 3.63) is 28.7 Å². The van der Waals surface area contributed by atoms with Gasteiger partial charge in [0, 0.05) is 29.3 Å². The van der Waals surface area contributed by atoms with E-state index in [9.17, 15) is 0 Å². The van der Waals surface area contributed by atoms with Gasteiger partial charge in [-0.25, -0.2) is 4.84 Å². The normalized spacial score (nSPS) is 17.0. The second-order valence-corrected chi connectivity index (χ2v) is 4.98. The third-order valence-corrected chi connectivity index (χ3v) is 3.68. The summed E-state index contributed by atoms with van der Waals surface area (Å²) in [6, 6.07) is 8.94. The fourth-order valence-electron chi connectivity index (χ4n) is 1.90. The first-order valence-corrected chi connectivity index (χ1v) is 6.33. The summed E-state index contributed by atoms with van der Waals surface area (Å²) in [5.41, 5.74) is 1.30. The number of nitrogens with zero attached hydrogens (tertiary/aromatic N) is 1. The van der Waals surface area contributed by atoms with E-state index >= 15 is 0 Å². The molecule has 90 valence electrons. The summed E-state index contributed by atoms with van der Waals surface area (Å²) in [6.45, 7) is 2.15. The third kappa shape index (κ3) is 3.52. The van der Waals surface area contributed by atoms with Gasteiger partial charge in [0.05, 0.1) is 0 Å². The van der Waals surface area contributed by atoms with Crippen molar-refractivity contribution in [1.82, 2.24) is 4.84 Å². The van der Waals surface area contributed by atoms with Gasteiger partial charge in [0.2, 0.25) is 0 Å². The van der Waals surface area contributed by atoms with Gasteiger partial charge in [0.15, 0.2) is 0 Å². The zero-order chi connectivity index (χ0) is 10.7. The molecular weight excluding hydrogens is 311 g/mol. The van der Waals surface area contributed by atoms with Crippen LogP contribution in [0.5, 0.6) is 0 Å². The van der Waals surface area contributed by atoms with Gasteiger partial charge in [-0.3, -0.25) is 0 Å². The Balaban J connectivity index is 0.00000128. The molecule has 1 heterocycles. The molecule has 16 heavy (non-hydrogen) atoms. The van der Waals surface area contributed by atoms with Crippen molar-refractivity contribution in [1.29, 1.82) is 0 Å². The Bertz CT molecular complexity index is 310. The predicted molar refractivity (Wildman–Crippen MR) is 75.6 cm³/mol. The summed E-state index contributed by atoms with van der Waals surface area (Å²) in [5.74, 6) is 0. The molecule has 5 heteroatoms. The molecule has 1 aliphatic rings. The van der Waals surface area contributed by atoms with Gasteiger partial charge in [-0.05, 0) is 48.9 Å². The van der Waals surface area contributed by atoms with Crippen LogP contribution in [0.15, 0.2) is 28.7 Å². The lowest BCUT2D eigenvalue weighted by atomic mass is 10.1. The first-order chi connectivity index (χ1) is 7.29. The van der Waals surface area contributed by atoms with Crippen LogP contribution in [0.3, 0.4) is 0 Å². The number of nitrogens with one attached hydrogen (secondary N) is 1. The second kappa shape index (κ2) is 6.70. The highest BCUT2D eigenvalue weighted by Gasteiger charge is 2.18. The van der Waals surface area contributed by atoms with Crippen LogP contribution in [0, 0.1) is 0 Å². The van der Waals surface area contributed by atoms with Crippen molar-refractivity contribution in [2.45, 2.75) is 18.9 Å². The molecule has 0 aliphatic carbocycles. The number of anilines is 1. The zero-order valence-electron chi connectivity index (χ0n) is 8.83. The molecule has 0 saturated carbocycles. The van der Waals surface area contributed by atoms with Crippen molar-refractivity contribution in [2.75, 3.05) is 18.0 Å². The van der Waals surface area contributed by atoms with Gasteiger partial charge in [-0.2, -0.15) is 0 Å². The Morgan fingerprint density at radius 3 is 2.25 bits per heavy atom. The van der Waals surface area contributed by atoms with Crippen molar-refractivity contribution in [3.8, 4) is 0 Å². The van der Waals surface area contributed by atoms with E-state index in [1.807, 2.05) is 0 Å². The minimum absolute atomic E-state index is 0. The molecule has 1 aliphatic heterocycles. The van der Waals surface area contributed by atoms with E-state index in [0.717, 1.165) is 30.4 Å². The third-order valence-electron chi connectivity index (χ3n) is 2.84. The van der Waals surface area contributed by atoms with E-state index < -0.39 is 0 Å². The first kappa shape index (κ1) is 14.1. The average molecular weight is 326 g/mol. The minimum Gasteiger partial charge on any atom is -0.371 e. The quantitative estimate of drug-likeness (QED) is 0.836. The predicted octanol–water partition coefficient (Wildman–Crippen LogP) is 3.58. The lowest BCUT2D eigenvalue weighted by Gasteiger charge is -2.32. The molecule has 0 atom stereocenters. The van der Waals surface area contributed by atoms with Gasteiger partial charge in [0.1, 0.15) is 0 Å². The maximum absolute atomic E-state index is 5.62. The van der Waals surface area contributed by atoms with Crippen molar-refractivity contribution >= 4 is 45.8 Å². The smallest absolute Gasteiger partial charge is 0.0366 e. The lowest BCUT2D eigenvalue weighted by Crippen LogP contribution is -2.39. The topological polar surface area (TPSA) is 15.3 Å². The van der Waals surface area contributed by atoms with Crippen LogP contribution in [0.4, 0.5) is 5.69 Å². The SMILES string of the molecule is Cl.ClNC1CCN(c2ccc(Br)cc2)CC1. The molecule has 0 amide bonds. The molecule has 2 nitrogen and oxygen atoms in total. The summed E-state index contributed by atoms with van der Waals surface area (Å²) < 4.78 is 1.13. The highest BCUT2D eigenvalue weighted by Crippen LogP contribution is 2.22. The largest absolute Gasteiger partial charge is 0.371 e. The molecule has 1 aromatic carbocycles. The van der Waals surface area contributed by atoms with Gasteiger partial charge in [-0.1, -0.05) is 15.9 Å². The summed E-state index contributed by atoms with van der Waals surface area (Å²) >= 11 is 9.06. The molecule has 1 fully saturated rings. The molecule has 1 N–H and O–H groups in total. The molecule has 1 aromatic rings. The Morgan fingerprint density at radius 2 is 1.75 bits per heavy atom. The van der Waals surface area contributed by atoms with Crippen LogP contribution in [0.25, 0.3) is 0 Å². The van der Waals surface area contributed by atoms with Crippen molar-refractivity contribution < 1.29 is 0 Å². The number of rotatable bonds is 2. The Hall–Kier alpha value is 0.0400. The number of piperidine rings is 1. The van der Waals surface area contributed by atoms with Crippen LogP contribution >= 0.6 is 40.1 Å². The molecule has 1 saturated heterocycles. The number of benzene rings is 1. The van der Waals surface area contributed by atoms with Gasteiger partial charge < -0.3 is 4.90 Å². The molecular formula is C11H15BrCl2N2. The molecule has 0 unspecified atom stereocenters. The number of hydrogen-bond acceptors (Lipinski definition) is 2. The fourth-order valence-corrected chi connectivity index (χ4v) is 2.38. The Labute approximate surface area is 116 Å². The second-order valence-electron chi connectivity index (χ2n) is 3.85.